The van der Waals surface area contributed by atoms with Crippen molar-refractivity contribution in [2.45, 2.75) is 47.9 Å². The van der Waals surface area contributed by atoms with Crippen LogP contribution in [-0.4, -0.2) is 52.6 Å². The maximum atomic E-state index is 13.4. The molecule has 3 aromatic carbocycles. The van der Waals surface area contributed by atoms with Gasteiger partial charge in [0.05, 0.1) is 31.8 Å². The minimum absolute atomic E-state index is 0.0330. The molecule has 3 rings (SSSR count). The zero-order chi connectivity index (χ0) is 32.7. The van der Waals surface area contributed by atoms with E-state index in [2.05, 4.69) is 5.32 Å². The normalized spacial score (nSPS) is 12.4. The number of amides is 1. The fourth-order valence-electron chi connectivity index (χ4n) is 4.05. The molecule has 0 spiro atoms. The van der Waals surface area contributed by atoms with E-state index in [1.807, 2.05) is 11.6 Å². The summed E-state index contributed by atoms with van der Waals surface area (Å²) >= 11 is 11.6. The van der Waals surface area contributed by atoms with E-state index < -0.39 is 63.8 Å². The Balaban J connectivity index is 1.75. The first-order valence-electron chi connectivity index (χ1n) is 13.3. The molecule has 0 aliphatic carbocycles. The third-order valence-electron chi connectivity index (χ3n) is 6.32. The Morgan fingerprint density at radius 1 is 0.932 bits per heavy atom. The van der Waals surface area contributed by atoms with Gasteiger partial charge < -0.3 is 10.5 Å². The number of nitrogens with zero attached hydrogens (tertiary/aromatic N) is 1. The number of alkyl halides is 3. The number of hydrogen-bond acceptors (Lipinski definition) is 7. The number of sulfonamides is 1. The fourth-order valence-corrected chi connectivity index (χ4v) is 7.12. The van der Waals surface area contributed by atoms with Crippen molar-refractivity contribution in [3.05, 3.63) is 87.4 Å². The first kappa shape index (κ1) is 35.6. The zero-order valence-electron chi connectivity index (χ0n) is 23.4. The zero-order valence-corrected chi connectivity index (χ0v) is 26.5. The second kappa shape index (κ2) is 14.9. The van der Waals surface area contributed by atoms with Crippen molar-refractivity contribution >= 4 is 54.7 Å². The highest BCUT2D eigenvalue weighted by molar-refractivity contribution is 7.93. The smallest absolute Gasteiger partial charge is 0.351 e. The Hall–Kier alpha value is -2.88. The van der Waals surface area contributed by atoms with Gasteiger partial charge >= 0.3 is 6.18 Å². The predicted octanol–water partition coefficient (Wildman–Crippen LogP) is 6.40. The molecular formula is C28H30Cl2F3N3O6S2. The Bertz CT molecular complexity index is 1690. The van der Waals surface area contributed by atoms with Crippen molar-refractivity contribution in [3.63, 3.8) is 0 Å². The largest absolute Gasteiger partial charge is 0.417 e. The number of rotatable bonds is 14. The highest BCUT2D eigenvalue weighted by Gasteiger charge is 2.35. The summed E-state index contributed by atoms with van der Waals surface area (Å²) in [5.74, 6) is -1.02. The SMILES string of the molecule is CCCCCN(O)CCNC(=O)c1ccc(CS(=O)(=O)c2ccc(Cl)cc2NS(=O)(=O)c2ccc(Cl)c(C(F)(F)F)c2)cc1. The summed E-state index contributed by atoms with van der Waals surface area (Å²) < 4.78 is 94.6. The third-order valence-corrected chi connectivity index (χ3v) is 9.99. The van der Waals surface area contributed by atoms with Gasteiger partial charge in [-0.2, -0.15) is 18.2 Å². The molecule has 44 heavy (non-hydrogen) atoms. The molecule has 240 valence electrons. The van der Waals surface area contributed by atoms with Crippen LogP contribution >= 0.6 is 23.2 Å². The van der Waals surface area contributed by atoms with Gasteiger partial charge in [-0.3, -0.25) is 9.52 Å². The topological polar surface area (TPSA) is 133 Å². The van der Waals surface area contributed by atoms with Crippen LogP contribution in [-0.2, 0) is 31.8 Å². The van der Waals surface area contributed by atoms with E-state index in [4.69, 9.17) is 23.2 Å². The minimum atomic E-state index is -4.93. The van der Waals surface area contributed by atoms with Gasteiger partial charge in [-0.15, -0.1) is 0 Å². The van der Waals surface area contributed by atoms with Gasteiger partial charge in [-0.25, -0.2) is 16.8 Å². The molecule has 3 N–H and O–H groups in total. The summed E-state index contributed by atoms with van der Waals surface area (Å²) in [6.07, 6.45) is -2.10. The van der Waals surface area contributed by atoms with Crippen LogP contribution in [0.5, 0.6) is 0 Å². The van der Waals surface area contributed by atoms with Gasteiger partial charge in [0, 0.05) is 30.2 Å². The van der Waals surface area contributed by atoms with Gasteiger partial charge in [-0.1, -0.05) is 55.1 Å². The highest BCUT2D eigenvalue weighted by atomic mass is 35.5. The second-order valence-electron chi connectivity index (χ2n) is 9.76. The summed E-state index contributed by atoms with van der Waals surface area (Å²) in [6, 6.07) is 11.0. The lowest BCUT2D eigenvalue weighted by Gasteiger charge is -2.15. The van der Waals surface area contributed by atoms with Crippen molar-refractivity contribution in [1.82, 2.24) is 10.4 Å². The number of carbonyl (C=O) groups is 1. The van der Waals surface area contributed by atoms with Crippen LogP contribution in [0.2, 0.25) is 10.0 Å². The molecule has 3 aromatic rings. The second-order valence-corrected chi connectivity index (χ2v) is 14.2. The number of anilines is 1. The summed E-state index contributed by atoms with van der Waals surface area (Å²) in [4.78, 5) is 11.2. The Kier molecular flexibility index (Phi) is 12.1. The molecular weight excluding hydrogens is 666 g/mol. The fraction of sp³-hybridized carbons (Fsp3) is 0.321. The number of hydrogen-bond donors (Lipinski definition) is 3. The van der Waals surface area contributed by atoms with E-state index in [0.717, 1.165) is 48.6 Å². The maximum Gasteiger partial charge on any atom is 0.417 e. The van der Waals surface area contributed by atoms with Crippen molar-refractivity contribution in [3.8, 4) is 0 Å². The predicted molar refractivity (Wildman–Crippen MR) is 161 cm³/mol. The van der Waals surface area contributed by atoms with Crippen LogP contribution in [0.3, 0.4) is 0 Å². The van der Waals surface area contributed by atoms with Crippen molar-refractivity contribution in [1.29, 1.82) is 0 Å². The van der Waals surface area contributed by atoms with Crippen LogP contribution in [0.25, 0.3) is 0 Å². The molecule has 0 aliphatic heterocycles. The number of unbranched alkanes of at least 4 members (excludes halogenated alkanes) is 2. The molecule has 9 nitrogen and oxygen atoms in total. The molecule has 0 unspecified atom stereocenters. The van der Waals surface area contributed by atoms with E-state index in [1.54, 1.807) is 0 Å². The van der Waals surface area contributed by atoms with Crippen LogP contribution in [0.4, 0.5) is 18.9 Å². The lowest BCUT2D eigenvalue weighted by molar-refractivity contribution is -0.137. The van der Waals surface area contributed by atoms with Crippen LogP contribution in [0, 0.1) is 0 Å². The monoisotopic (exact) mass is 695 g/mol. The van der Waals surface area contributed by atoms with Crippen LogP contribution in [0.15, 0.2) is 70.5 Å². The van der Waals surface area contributed by atoms with Crippen molar-refractivity contribution in [2.24, 2.45) is 0 Å². The average Bonchev–Trinajstić information content (AvgIpc) is 2.92. The molecule has 0 aromatic heterocycles. The van der Waals surface area contributed by atoms with Crippen LogP contribution < -0.4 is 10.0 Å². The Morgan fingerprint density at radius 3 is 2.25 bits per heavy atom. The number of carbonyl (C=O) groups excluding carboxylic acids is 1. The molecule has 0 heterocycles. The highest BCUT2D eigenvalue weighted by Crippen LogP contribution is 2.37. The summed E-state index contributed by atoms with van der Waals surface area (Å²) in [5.41, 5.74) is -1.32. The molecule has 0 saturated heterocycles. The molecule has 0 bridgehead atoms. The number of hydroxylamine groups is 2. The number of nitrogens with one attached hydrogen (secondary N) is 2. The maximum absolute atomic E-state index is 13.4. The van der Waals surface area contributed by atoms with Gasteiger partial charge in [0.25, 0.3) is 15.9 Å². The molecule has 0 aliphatic rings. The molecule has 0 radical (unpaired) electrons. The average molecular weight is 697 g/mol. The van der Waals surface area contributed by atoms with Gasteiger partial charge in [0.15, 0.2) is 9.84 Å². The number of benzene rings is 3. The van der Waals surface area contributed by atoms with Gasteiger partial charge in [-0.05, 0) is 60.5 Å². The van der Waals surface area contributed by atoms with E-state index in [0.29, 0.717) is 12.6 Å². The van der Waals surface area contributed by atoms with E-state index >= 15 is 0 Å². The molecule has 16 heteroatoms. The summed E-state index contributed by atoms with van der Waals surface area (Å²) in [5, 5.41) is 12.9. The molecule has 0 atom stereocenters. The van der Waals surface area contributed by atoms with E-state index in [-0.39, 0.29) is 29.2 Å². The first-order valence-corrected chi connectivity index (χ1v) is 17.2. The third kappa shape index (κ3) is 9.81. The van der Waals surface area contributed by atoms with Crippen LogP contribution in [0.1, 0.15) is 47.7 Å². The van der Waals surface area contributed by atoms with Gasteiger partial charge in [0.1, 0.15) is 0 Å². The molecule has 0 saturated carbocycles. The first-order chi connectivity index (χ1) is 20.5. The minimum Gasteiger partial charge on any atom is -0.351 e. The van der Waals surface area contributed by atoms with Gasteiger partial charge in [0.2, 0.25) is 0 Å². The van der Waals surface area contributed by atoms with E-state index in [9.17, 15) is 40.0 Å². The molecule has 0 fully saturated rings. The lowest BCUT2D eigenvalue weighted by Crippen LogP contribution is -2.33. The van der Waals surface area contributed by atoms with Crippen molar-refractivity contribution in [2.75, 3.05) is 24.4 Å². The quantitative estimate of drug-likeness (QED) is 0.131. The molecule has 1 amide bonds. The summed E-state index contributed by atoms with van der Waals surface area (Å²) in [7, 11) is -8.96. The number of sulfone groups is 1. The van der Waals surface area contributed by atoms with Crippen molar-refractivity contribution < 1.29 is 40.0 Å². The standard InChI is InChI=1S/C28H30Cl2F3N3O6S2/c1-2-3-4-14-36(38)15-13-34-27(37)20-7-5-19(6-8-20)18-43(39,40)26-12-9-21(29)16-25(26)35-44(41,42)22-10-11-24(30)23(17-22)28(31,32)33/h5-12,16-17,35,38H,2-4,13-15,18H2,1H3,(H,34,37). The summed E-state index contributed by atoms with van der Waals surface area (Å²) in [6.45, 7) is 2.97. The Morgan fingerprint density at radius 2 is 1.61 bits per heavy atom. The number of halogens is 5. The van der Waals surface area contributed by atoms with E-state index in [1.165, 1.54) is 30.3 Å². The Labute approximate surface area is 263 Å². The lowest BCUT2D eigenvalue weighted by atomic mass is 10.1.